The van der Waals surface area contributed by atoms with E-state index in [0.29, 0.717) is 0 Å². The van der Waals surface area contributed by atoms with E-state index < -0.39 is 22.9 Å². The summed E-state index contributed by atoms with van der Waals surface area (Å²) in [6.07, 6.45) is 1.17. The molecule has 130 valence electrons. The summed E-state index contributed by atoms with van der Waals surface area (Å²) in [5.41, 5.74) is -0.130. The molecule has 0 spiro atoms. The number of amides is 1. The van der Waals surface area contributed by atoms with Crippen molar-refractivity contribution in [1.29, 1.82) is 0 Å². The van der Waals surface area contributed by atoms with Crippen molar-refractivity contribution in [2.75, 3.05) is 10.0 Å². The number of aromatic nitrogens is 5. The number of imidazole rings is 1. The van der Waals surface area contributed by atoms with E-state index in [2.05, 4.69) is 25.3 Å². The number of halogens is 1. The molecule has 11 nitrogen and oxygen atoms in total. The van der Waals surface area contributed by atoms with Crippen LogP contribution in [0.2, 0.25) is 5.02 Å². The van der Waals surface area contributed by atoms with Gasteiger partial charge in [0, 0.05) is 17.8 Å². The Bertz CT molecular complexity index is 1060. The van der Waals surface area contributed by atoms with Crippen LogP contribution >= 0.6 is 11.6 Å². The molecule has 0 aliphatic heterocycles. The van der Waals surface area contributed by atoms with Crippen molar-refractivity contribution < 1.29 is 13.6 Å². The molecule has 1 unspecified atom stereocenters. The SMILES string of the molecule is Cn1nnc2c(C(=O)Nc3cc(Cl)cc(NS(=O)O)c3)ncn2c1=O. The van der Waals surface area contributed by atoms with Gasteiger partial charge in [0.15, 0.2) is 11.3 Å². The van der Waals surface area contributed by atoms with Crippen LogP contribution in [0.3, 0.4) is 0 Å². The molecule has 1 amide bonds. The van der Waals surface area contributed by atoms with Gasteiger partial charge in [-0.25, -0.2) is 18.4 Å². The Hall–Kier alpha value is -2.83. The number of nitrogens with one attached hydrogen (secondary N) is 2. The smallest absolute Gasteiger partial charge is 0.320 e. The molecule has 3 rings (SSSR count). The quantitative estimate of drug-likeness (QED) is 0.549. The van der Waals surface area contributed by atoms with E-state index >= 15 is 0 Å². The molecule has 0 aliphatic carbocycles. The molecule has 0 bridgehead atoms. The first kappa shape index (κ1) is 17.0. The van der Waals surface area contributed by atoms with E-state index in [0.717, 1.165) is 9.08 Å². The Labute approximate surface area is 147 Å². The number of carbonyl (C=O) groups is 1. The lowest BCUT2D eigenvalue weighted by atomic mass is 10.2. The molecule has 2 heterocycles. The predicted molar refractivity (Wildman–Crippen MR) is 89.8 cm³/mol. The van der Waals surface area contributed by atoms with Crippen LogP contribution in [0, 0.1) is 0 Å². The number of hydrogen-bond acceptors (Lipinski definition) is 6. The fraction of sp³-hybridized carbons (Fsp3) is 0.0833. The Kier molecular flexibility index (Phi) is 4.48. The zero-order valence-corrected chi connectivity index (χ0v) is 14.1. The molecule has 1 aromatic carbocycles. The maximum Gasteiger partial charge on any atom is 0.352 e. The van der Waals surface area contributed by atoms with Crippen molar-refractivity contribution >= 4 is 45.8 Å². The Balaban J connectivity index is 1.93. The van der Waals surface area contributed by atoms with Crippen LogP contribution in [-0.2, 0) is 18.3 Å². The summed E-state index contributed by atoms with van der Waals surface area (Å²) in [5.74, 6) is -0.650. The van der Waals surface area contributed by atoms with Crippen LogP contribution in [0.25, 0.3) is 5.65 Å². The molecule has 0 saturated heterocycles. The van der Waals surface area contributed by atoms with E-state index in [1.165, 1.54) is 31.6 Å². The number of hydrogen-bond donors (Lipinski definition) is 3. The molecule has 0 saturated carbocycles. The molecule has 25 heavy (non-hydrogen) atoms. The van der Waals surface area contributed by atoms with Gasteiger partial charge in [0.2, 0.25) is 0 Å². The van der Waals surface area contributed by atoms with Gasteiger partial charge in [0.05, 0.1) is 5.69 Å². The summed E-state index contributed by atoms with van der Waals surface area (Å²) >= 11 is 3.63. The van der Waals surface area contributed by atoms with Crippen LogP contribution < -0.4 is 15.7 Å². The minimum absolute atomic E-state index is 0.00237. The fourth-order valence-electron chi connectivity index (χ4n) is 2.05. The van der Waals surface area contributed by atoms with Gasteiger partial charge in [-0.3, -0.25) is 14.1 Å². The van der Waals surface area contributed by atoms with Crippen LogP contribution in [-0.4, -0.2) is 39.0 Å². The number of anilines is 2. The molecule has 0 fully saturated rings. The number of nitrogens with zero attached hydrogens (tertiary/aromatic N) is 5. The van der Waals surface area contributed by atoms with Gasteiger partial charge >= 0.3 is 5.69 Å². The van der Waals surface area contributed by atoms with Crippen LogP contribution in [0.5, 0.6) is 0 Å². The minimum atomic E-state index is -2.29. The highest BCUT2D eigenvalue weighted by Gasteiger charge is 2.17. The van der Waals surface area contributed by atoms with Crippen molar-refractivity contribution in [3.63, 3.8) is 0 Å². The third kappa shape index (κ3) is 3.50. The van der Waals surface area contributed by atoms with Crippen LogP contribution in [0.1, 0.15) is 10.5 Å². The monoisotopic (exact) mass is 383 g/mol. The molecule has 3 aromatic rings. The first-order valence-corrected chi connectivity index (χ1v) is 8.10. The second kappa shape index (κ2) is 6.58. The minimum Gasteiger partial charge on any atom is -0.320 e. The average Bonchev–Trinajstić information content (AvgIpc) is 2.94. The Morgan fingerprint density at radius 1 is 1.32 bits per heavy atom. The van der Waals surface area contributed by atoms with Gasteiger partial charge in [-0.15, -0.1) is 5.10 Å². The van der Waals surface area contributed by atoms with E-state index in [9.17, 15) is 13.8 Å². The number of rotatable bonds is 4. The molecular weight excluding hydrogens is 374 g/mol. The topological polar surface area (TPSA) is 144 Å². The highest BCUT2D eigenvalue weighted by atomic mass is 35.5. The summed E-state index contributed by atoms with van der Waals surface area (Å²) < 4.78 is 24.0. The third-order valence-corrected chi connectivity index (χ3v) is 3.70. The van der Waals surface area contributed by atoms with Gasteiger partial charge in [0.1, 0.15) is 6.33 Å². The summed E-state index contributed by atoms with van der Waals surface area (Å²) in [4.78, 5) is 28.2. The Morgan fingerprint density at radius 2 is 2.04 bits per heavy atom. The van der Waals surface area contributed by atoms with Gasteiger partial charge in [-0.2, -0.15) is 4.68 Å². The second-order valence-corrected chi connectivity index (χ2v) is 5.96. The lowest BCUT2D eigenvalue weighted by Gasteiger charge is -2.08. The maximum atomic E-state index is 12.4. The molecule has 3 N–H and O–H groups in total. The fourth-order valence-corrected chi connectivity index (χ4v) is 2.61. The molecule has 1 atom stereocenters. The van der Waals surface area contributed by atoms with E-state index in [4.69, 9.17) is 16.2 Å². The first-order chi connectivity index (χ1) is 11.8. The lowest BCUT2D eigenvalue weighted by Crippen LogP contribution is -2.27. The summed E-state index contributed by atoms with van der Waals surface area (Å²) in [5, 5.41) is 10.1. The number of aryl methyl sites for hydroxylation is 1. The first-order valence-electron chi connectivity index (χ1n) is 6.61. The maximum absolute atomic E-state index is 12.4. The van der Waals surface area contributed by atoms with E-state index in [1.54, 1.807) is 0 Å². The molecule has 2 aromatic heterocycles. The number of fused-ring (bicyclic) bond motifs is 1. The zero-order chi connectivity index (χ0) is 18.1. The van der Waals surface area contributed by atoms with E-state index in [-0.39, 0.29) is 27.7 Å². The Morgan fingerprint density at radius 3 is 2.76 bits per heavy atom. The van der Waals surface area contributed by atoms with Crippen LogP contribution in [0.15, 0.2) is 29.3 Å². The molecule has 0 radical (unpaired) electrons. The average molecular weight is 384 g/mol. The second-order valence-electron chi connectivity index (χ2n) is 4.82. The predicted octanol–water partition coefficient (Wildman–Crippen LogP) is 0.277. The third-order valence-electron chi connectivity index (χ3n) is 3.07. The van der Waals surface area contributed by atoms with Crippen molar-refractivity contribution in [2.45, 2.75) is 0 Å². The zero-order valence-electron chi connectivity index (χ0n) is 12.5. The molecule has 13 heteroatoms. The van der Waals surface area contributed by atoms with Crippen LogP contribution in [0.4, 0.5) is 11.4 Å². The van der Waals surface area contributed by atoms with Crippen molar-refractivity contribution in [2.24, 2.45) is 7.05 Å². The largest absolute Gasteiger partial charge is 0.352 e. The highest BCUT2D eigenvalue weighted by molar-refractivity contribution is 7.80. The lowest BCUT2D eigenvalue weighted by molar-refractivity contribution is 0.102. The normalized spacial score (nSPS) is 12.1. The van der Waals surface area contributed by atoms with Gasteiger partial charge in [-0.1, -0.05) is 16.8 Å². The summed E-state index contributed by atoms with van der Waals surface area (Å²) in [6.45, 7) is 0. The number of benzene rings is 1. The van der Waals surface area contributed by atoms with Gasteiger partial charge in [0.25, 0.3) is 17.2 Å². The van der Waals surface area contributed by atoms with E-state index in [1.807, 2.05) is 0 Å². The molecular formula is C12H10ClN7O4S. The summed E-state index contributed by atoms with van der Waals surface area (Å²) in [6, 6.07) is 4.25. The van der Waals surface area contributed by atoms with Crippen molar-refractivity contribution in [3.05, 3.63) is 45.7 Å². The standard InChI is InChI=1S/C12H10ClN7O4S/c1-19-12(22)20-5-14-9(10(20)16-18-19)11(21)15-7-2-6(13)3-8(4-7)17-25(23)24/h2-5,17H,1H3,(H,15,21)(H,23,24). The van der Waals surface area contributed by atoms with Crippen molar-refractivity contribution in [1.82, 2.24) is 24.4 Å². The highest BCUT2D eigenvalue weighted by Crippen LogP contribution is 2.23. The summed E-state index contributed by atoms with van der Waals surface area (Å²) in [7, 11) is 1.42. The molecule has 0 aliphatic rings. The van der Waals surface area contributed by atoms with Gasteiger partial charge in [-0.05, 0) is 18.2 Å². The number of carbonyl (C=O) groups excluding carboxylic acids is 1. The van der Waals surface area contributed by atoms with Gasteiger partial charge < -0.3 is 5.32 Å². The van der Waals surface area contributed by atoms with Crippen molar-refractivity contribution in [3.8, 4) is 0 Å².